The molecule has 0 radical (unpaired) electrons. The van der Waals surface area contributed by atoms with Gasteiger partial charge in [0.15, 0.2) is 5.58 Å². The molecule has 92 valence electrons. The fraction of sp³-hybridized carbons (Fsp3) is 0.462. The van der Waals surface area contributed by atoms with Gasteiger partial charge in [0.1, 0.15) is 0 Å². The first-order valence-corrected chi connectivity index (χ1v) is 5.97. The highest BCUT2D eigenvalue weighted by atomic mass is 16.4. The van der Waals surface area contributed by atoms with E-state index >= 15 is 0 Å². The van der Waals surface area contributed by atoms with Crippen LogP contribution in [0, 0.1) is 5.92 Å². The molecule has 0 unspecified atom stereocenters. The van der Waals surface area contributed by atoms with Crippen molar-refractivity contribution in [3.63, 3.8) is 0 Å². The van der Waals surface area contributed by atoms with Gasteiger partial charge in [-0.1, -0.05) is 19.9 Å². The van der Waals surface area contributed by atoms with Gasteiger partial charge in [-0.15, -0.1) is 0 Å². The van der Waals surface area contributed by atoms with Crippen LogP contribution in [-0.2, 0) is 6.42 Å². The van der Waals surface area contributed by atoms with Crippen molar-refractivity contribution in [2.24, 2.45) is 5.92 Å². The predicted octanol–water partition coefficient (Wildman–Crippen LogP) is 1.91. The summed E-state index contributed by atoms with van der Waals surface area (Å²) in [5.41, 5.74) is 2.57. The van der Waals surface area contributed by atoms with E-state index in [1.165, 1.54) is 5.56 Å². The molecular formula is C13H18N2O2. The minimum Gasteiger partial charge on any atom is -0.408 e. The highest BCUT2D eigenvalue weighted by Crippen LogP contribution is 2.12. The van der Waals surface area contributed by atoms with E-state index in [4.69, 9.17) is 4.42 Å². The third-order valence-electron chi connectivity index (χ3n) is 2.63. The quantitative estimate of drug-likeness (QED) is 0.777. The Bertz CT molecular complexity index is 540. The molecule has 2 rings (SSSR count). The second kappa shape index (κ2) is 5.19. The summed E-state index contributed by atoms with van der Waals surface area (Å²) < 4.78 is 5.02. The van der Waals surface area contributed by atoms with Crippen LogP contribution in [0.25, 0.3) is 11.1 Å². The molecule has 0 saturated carbocycles. The Labute approximate surface area is 100 Å². The lowest BCUT2D eigenvalue weighted by atomic mass is 10.1. The molecule has 0 aliphatic carbocycles. The van der Waals surface area contributed by atoms with Crippen LogP contribution in [0.3, 0.4) is 0 Å². The number of oxazole rings is 1. The third-order valence-corrected chi connectivity index (χ3v) is 2.63. The Morgan fingerprint density at radius 2 is 2.24 bits per heavy atom. The minimum absolute atomic E-state index is 0.393. The summed E-state index contributed by atoms with van der Waals surface area (Å²) >= 11 is 0. The van der Waals surface area contributed by atoms with Crippen LogP contribution in [0.5, 0.6) is 0 Å². The molecule has 1 aromatic heterocycles. The van der Waals surface area contributed by atoms with Gasteiger partial charge < -0.3 is 9.73 Å². The maximum atomic E-state index is 11.0. The standard InChI is InChI=1S/C13H18N2O2/c1-9(2)8-14-6-5-10-3-4-11-12(7-10)17-13(16)15-11/h3-4,7,9,14H,5-6,8H2,1-2H3,(H,15,16). The molecule has 2 aromatic rings. The van der Waals surface area contributed by atoms with Crippen molar-refractivity contribution >= 4 is 11.1 Å². The van der Waals surface area contributed by atoms with Gasteiger partial charge in [0, 0.05) is 0 Å². The summed E-state index contributed by atoms with van der Waals surface area (Å²) in [4.78, 5) is 13.6. The Kier molecular flexibility index (Phi) is 3.64. The molecule has 4 nitrogen and oxygen atoms in total. The highest BCUT2D eigenvalue weighted by molar-refractivity contribution is 5.72. The average molecular weight is 234 g/mol. The largest absolute Gasteiger partial charge is 0.417 e. The summed E-state index contributed by atoms with van der Waals surface area (Å²) in [6, 6.07) is 5.83. The van der Waals surface area contributed by atoms with Gasteiger partial charge in [0.2, 0.25) is 0 Å². The maximum Gasteiger partial charge on any atom is 0.417 e. The molecule has 0 fully saturated rings. The molecule has 4 heteroatoms. The maximum absolute atomic E-state index is 11.0. The summed E-state index contributed by atoms with van der Waals surface area (Å²) in [5.74, 6) is 0.273. The van der Waals surface area contributed by atoms with Crippen LogP contribution >= 0.6 is 0 Å². The Hall–Kier alpha value is -1.55. The van der Waals surface area contributed by atoms with Gasteiger partial charge in [0.25, 0.3) is 0 Å². The highest BCUT2D eigenvalue weighted by Gasteiger charge is 2.02. The first-order chi connectivity index (χ1) is 8.15. The summed E-state index contributed by atoms with van der Waals surface area (Å²) in [6.45, 7) is 6.35. The molecular weight excluding hydrogens is 216 g/mol. The lowest BCUT2D eigenvalue weighted by Crippen LogP contribution is -2.22. The van der Waals surface area contributed by atoms with Crippen molar-refractivity contribution in [2.45, 2.75) is 20.3 Å². The second-order valence-corrected chi connectivity index (χ2v) is 4.69. The molecule has 0 bridgehead atoms. The third kappa shape index (κ3) is 3.20. The van der Waals surface area contributed by atoms with E-state index in [9.17, 15) is 4.79 Å². The first-order valence-electron chi connectivity index (χ1n) is 5.97. The van der Waals surface area contributed by atoms with E-state index in [-0.39, 0.29) is 0 Å². The number of hydrogen-bond donors (Lipinski definition) is 2. The molecule has 1 aromatic carbocycles. The van der Waals surface area contributed by atoms with Crippen LogP contribution in [0.2, 0.25) is 0 Å². The van der Waals surface area contributed by atoms with Crippen molar-refractivity contribution < 1.29 is 4.42 Å². The van der Waals surface area contributed by atoms with E-state index in [1.807, 2.05) is 18.2 Å². The lowest BCUT2D eigenvalue weighted by Gasteiger charge is -2.06. The van der Waals surface area contributed by atoms with Gasteiger partial charge in [-0.05, 0) is 43.1 Å². The summed E-state index contributed by atoms with van der Waals surface area (Å²) in [6.07, 6.45) is 0.942. The Morgan fingerprint density at radius 1 is 1.41 bits per heavy atom. The fourth-order valence-electron chi connectivity index (χ4n) is 1.77. The van der Waals surface area contributed by atoms with Gasteiger partial charge in [0.05, 0.1) is 5.52 Å². The number of rotatable bonds is 5. The molecule has 0 spiro atoms. The SMILES string of the molecule is CC(C)CNCCc1ccc2[nH]c(=O)oc2c1. The molecule has 0 aliphatic rings. The molecule has 1 heterocycles. The monoisotopic (exact) mass is 234 g/mol. The number of fused-ring (bicyclic) bond motifs is 1. The second-order valence-electron chi connectivity index (χ2n) is 4.69. The van der Waals surface area contributed by atoms with Crippen LogP contribution in [0.4, 0.5) is 0 Å². The van der Waals surface area contributed by atoms with Crippen molar-refractivity contribution in [3.05, 3.63) is 34.3 Å². The van der Waals surface area contributed by atoms with E-state index < -0.39 is 5.76 Å². The number of aromatic amines is 1. The number of nitrogens with one attached hydrogen (secondary N) is 2. The Morgan fingerprint density at radius 3 is 3.00 bits per heavy atom. The van der Waals surface area contributed by atoms with Gasteiger partial charge in [-0.25, -0.2) is 4.79 Å². The number of benzene rings is 1. The van der Waals surface area contributed by atoms with Crippen LogP contribution in [-0.4, -0.2) is 18.1 Å². The van der Waals surface area contributed by atoms with Crippen LogP contribution < -0.4 is 11.1 Å². The first kappa shape index (κ1) is 11.9. The Balaban J connectivity index is 1.97. The molecule has 0 amide bonds. The summed E-state index contributed by atoms with van der Waals surface area (Å²) in [7, 11) is 0. The van der Waals surface area contributed by atoms with Crippen molar-refractivity contribution in [1.29, 1.82) is 0 Å². The van der Waals surface area contributed by atoms with Gasteiger partial charge in [-0.3, -0.25) is 4.98 Å². The number of hydrogen-bond acceptors (Lipinski definition) is 3. The van der Waals surface area contributed by atoms with Crippen molar-refractivity contribution in [2.75, 3.05) is 13.1 Å². The van der Waals surface area contributed by atoms with Crippen LogP contribution in [0.1, 0.15) is 19.4 Å². The molecule has 2 N–H and O–H groups in total. The fourth-order valence-corrected chi connectivity index (χ4v) is 1.77. The molecule has 0 atom stereocenters. The smallest absolute Gasteiger partial charge is 0.408 e. The average Bonchev–Trinajstić information content (AvgIpc) is 2.63. The minimum atomic E-state index is -0.393. The van der Waals surface area contributed by atoms with E-state index in [0.717, 1.165) is 25.0 Å². The normalized spacial score (nSPS) is 11.5. The lowest BCUT2D eigenvalue weighted by molar-refractivity contribution is 0.550. The van der Waals surface area contributed by atoms with Crippen molar-refractivity contribution in [3.8, 4) is 0 Å². The zero-order valence-electron chi connectivity index (χ0n) is 10.2. The van der Waals surface area contributed by atoms with E-state index in [2.05, 4.69) is 24.1 Å². The zero-order valence-corrected chi connectivity index (χ0v) is 10.2. The van der Waals surface area contributed by atoms with Crippen LogP contribution in [0.15, 0.2) is 27.4 Å². The van der Waals surface area contributed by atoms with Crippen molar-refractivity contribution in [1.82, 2.24) is 10.3 Å². The number of H-pyrrole nitrogens is 1. The predicted molar refractivity (Wildman–Crippen MR) is 68.2 cm³/mol. The van der Waals surface area contributed by atoms with E-state index in [1.54, 1.807) is 0 Å². The van der Waals surface area contributed by atoms with Gasteiger partial charge in [-0.2, -0.15) is 0 Å². The molecule has 0 aliphatic heterocycles. The topological polar surface area (TPSA) is 58.0 Å². The molecule has 0 saturated heterocycles. The van der Waals surface area contributed by atoms with Gasteiger partial charge >= 0.3 is 5.76 Å². The zero-order chi connectivity index (χ0) is 12.3. The van der Waals surface area contributed by atoms with E-state index in [0.29, 0.717) is 11.5 Å². The molecule has 17 heavy (non-hydrogen) atoms. The summed E-state index contributed by atoms with van der Waals surface area (Å²) in [5, 5.41) is 3.39. The number of aromatic nitrogens is 1.